The van der Waals surface area contributed by atoms with Crippen molar-refractivity contribution in [3.05, 3.63) is 33.8 Å². The lowest BCUT2D eigenvalue weighted by Gasteiger charge is -2.40. The average Bonchev–Trinajstić information content (AvgIpc) is 2.77. The zero-order valence-corrected chi connectivity index (χ0v) is 20.5. The fourth-order valence-corrected chi connectivity index (χ4v) is 4.09. The summed E-state index contributed by atoms with van der Waals surface area (Å²) in [6.07, 6.45) is 0.354. The fourth-order valence-electron chi connectivity index (χ4n) is 3.72. The zero-order chi connectivity index (χ0) is 25.0. The molecule has 2 saturated heterocycles. The minimum Gasteiger partial charge on any atom is -0.497 e. The van der Waals surface area contributed by atoms with Gasteiger partial charge in [0.2, 0.25) is 5.91 Å². The van der Waals surface area contributed by atoms with E-state index in [0.717, 1.165) is 0 Å². The highest BCUT2D eigenvalue weighted by Gasteiger charge is 2.48. The van der Waals surface area contributed by atoms with Crippen molar-refractivity contribution in [2.24, 2.45) is 5.92 Å². The van der Waals surface area contributed by atoms with E-state index in [1.54, 1.807) is 18.0 Å². The van der Waals surface area contributed by atoms with Crippen LogP contribution in [0.1, 0.15) is 30.6 Å². The largest absolute Gasteiger partial charge is 0.622 e. The fraction of sp³-hybridized carbons (Fsp3) is 0.524. The lowest BCUT2D eigenvalue weighted by Crippen LogP contribution is -2.63. The highest BCUT2D eigenvalue weighted by molar-refractivity contribution is 6.51. The number of hydrogen-bond donors (Lipinski definition) is 2. The molecule has 0 aliphatic carbocycles. The van der Waals surface area contributed by atoms with Crippen molar-refractivity contribution in [3.63, 3.8) is 0 Å². The molecule has 10 nitrogen and oxygen atoms in total. The van der Waals surface area contributed by atoms with Gasteiger partial charge in [-0.2, -0.15) is 0 Å². The maximum Gasteiger partial charge on any atom is 0.622 e. The molecule has 2 fully saturated rings. The van der Waals surface area contributed by atoms with E-state index < -0.39 is 48.9 Å². The minimum atomic E-state index is -1.32. The standard InChI is InChI=1S/C21H26BCl2N3O7/c1-11(2)6-17(22-33-20(30)15-9-32-10-16(27(15)3)21(31)34-22)26-18(28)8-25-19(29)13-7-12(23)4-5-14(13)24/h4-5,7,11,15-17H,6,8-10H2,1-3H3,(H,25,29)(H,26,28)/t15-,16-,17+/m1/s1. The molecule has 2 aliphatic heterocycles. The lowest BCUT2D eigenvalue weighted by molar-refractivity contribution is -0.166. The molecule has 0 aromatic heterocycles. The van der Waals surface area contributed by atoms with Crippen LogP contribution in [0, 0.1) is 5.92 Å². The van der Waals surface area contributed by atoms with E-state index in [0.29, 0.717) is 11.4 Å². The molecule has 0 spiro atoms. The lowest BCUT2D eigenvalue weighted by atomic mass is 9.73. The number of hydrogen-bond acceptors (Lipinski definition) is 8. The van der Waals surface area contributed by atoms with Gasteiger partial charge in [-0.3, -0.25) is 24.1 Å². The van der Waals surface area contributed by atoms with Gasteiger partial charge in [0.05, 0.1) is 36.3 Å². The zero-order valence-electron chi connectivity index (χ0n) is 19.0. The van der Waals surface area contributed by atoms with Crippen LogP contribution in [0.5, 0.6) is 0 Å². The summed E-state index contributed by atoms with van der Waals surface area (Å²) in [7, 11) is 0.310. The molecule has 2 amide bonds. The number of benzene rings is 1. The number of rotatable bonds is 7. The highest BCUT2D eigenvalue weighted by atomic mass is 35.5. The topological polar surface area (TPSA) is 123 Å². The van der Waals surface area contributed by atoms with E-state index in [-0.39, 0.29) is 36.3 Å². The van der Waals surface area contributed by atoms with Crippen molar-refractivity contribution in [1.29, 1.82) is 0 Å². The van der Waals surface area contributed by atoms with Gasteiger partial charge in [0.25, 0.3) is 5.91 Å². The molecule has 3 rings (SSSR count). The van der Waals surface area contributed by atoms with Crippen LogP contribution < -0.4 is 10.6 Å². The van der Waals surface area contributed by atoms with Crippen LogP contribution in [-0.2, 0) is 28.4 Å². The molecule has 34 heavy (non-hydrogen) atoms. The van der Waals surface area contributed by atoms with Crippen LogP contribution in [0.2, 0.25) is 10.0 Å². The average molecular weight is 514 g/mol. The molecule has 184 valence electrons. The Balaban J connectivity index is 1.68. The van der Waals surface area contributed by atoms with E-state index in [2.05, 4.69) is 10.6 Å². The van der Waals surface area contributed by atoms with Gasteiger partial charge in [0, 0.05) is 5.02 Å². The number of likely N-dealkylation sites (N-methyl/N-ethyl adjacent to an activating group) is 1. The first-order valence-corrected chi connectivity index (χ1v) is 11.6. The number of halogens is 2. The Morgan fingerprint density at radius 2 is 1.76 bits per heavy atom. The number of carbonyl (C=O) groups is 4. The molecule has 13 heteroatoms. The maximum atomic E-state index is 12.7. The third-order valence-electron chi connectivity index (χ3n) is 5.53. The molecule has 2 heterocycles. The Hall–Kier alpha value is -2.34. The first-order valence-electron chi connectivity index (χ1n) is 10.8. The van der Waals surface area contributed by atoms with Crippen LogP contribution in [0.3, 0.4) is 0 Å². The second-order valence-electron chi connectivity index (χ2n) is 8.59. The molecule has 3 atom stereocenters. The molecule has 0 radical (unpaired) electrons. The smallest absolute Gasteiger partial charge is 0.497 e. The number of nitrogens with one attached hydrogen (secondary N) is 2. The van der Waals surface area contributed by atoms with Gasteiger partial charge in [-0.25, -0.2) is 0 Å². The Morgan fingerprint density at radius 1 is 1.15 bits per heavy atom. The maximum absolute atomic E-state index is 12.7. The molecule has 2 aliphatic rings. The van der Waals surface area contributed by atoms with Gasteiger partial charge in [0.1, 0.15) is 12.1 Å². The van der Waals surface area contributed by atoms with Crippen molar-refractivity contribution in [2.45, 2.75) is 38.3 Å². The molecule has 2 bridgehead atoms. The second-order valence-corrected chi connectivity index (χ2v) is 9.43. The van der Waals surface area contributed by atoms with Crippen molar-refractivity contribution in [3.8, 4) is 0 Å². The van der Waals surface area contributed by atoms with Crippen LogP contribution in [0.25, 0.3) is 0 Å². The number of carbonyl (C=O) groups excluding carboxylic acids is 4. The third-order valence-corrected chi connectivity index (χ3v) is 6.09. The Morgan fingerprint density at radius 3 is 2.35 bits per heavy atom. The molecular weight excluding hydrogens is 488 g/mol. The summed E-state index contributed by atoms with van der Waals surface area (Å²) in [5.41, 5.74) is 0.126. The van der Waals surface area contributed by atoms with Crippen molar-refractivity contribution >= 4 is 54.1 Å². The molecule has 2 N–H and O–H groups in total. The quantitative estimate of drug-likeness (QED) is 0.519. The summed E-state index contributed by atoms with van der Waals surface area (Å²) in [6.45, 7) is 3.61. The highest BCUT2D eigenvalue weighted by Crippen LogP contribution is 2.21. The Kier molecular flexibility index (Phi) is 8.80. The first-order chi connectivity index (χ1) is 16.1. The van der Waals surface area contributed by atoms with E-state index in [4.69, 9.17) is 37.2 Å². The molecule has 1 aromatic carbocycles. The van der Waals surface area contributed by atoms with Crippen LogP contribution in [0.15, 0.2) is 18.2 Å². The number of ether oxygens (including phenoxy) is 1. The summed E-state index contributed by atoms with van der Waals surface area (Å²) in [6, 6.07) is 2.90. The van der Waals surface area contributed by atoms with Crippen molar-refractivity contribution in [1.82, 2.24) is 15.5 Å². The van der Waals surface area contributed by atoms with E-state index >= 15 is 0 Å². The molecular formula is C21H26BCl2N3O7. The number of fused-ring (bicyclic) bond motifs is 2. The normalized spacial score (nSPS) is 21.8. The predicted octanol–water partition coefficient (Wildman–Crippen LogP) is 1.08. The van der Waals surface area contributed by atoms with E-state index in [1.807, 2.05) is 13.8 Å². The molecule has 0 unspecified atom stereocenters. The summed E-state index contributed by atoms with van der Waals surface area (Å²) < 4.78 is 16.3. The first kappa shape index (κ1) is 26.3. The van der Waals surface area contributed by atoms with Crippen molar-refractivity contribution in [2.75, 3.05) is 26.8 Å². The van der Waals surface area contributed by atoms with Crippen LogP contribution >= 0.6 is 23.2 Å². The van der Waals surface area contributed by atoms with Crippen molar-refractivity contribution < 1.29 is 33.2 Å². The molecule has 0 saturated carbocycles. The third kappa shape index (κ3) is 6.41. The Labute approximate surface area is 207 Å². The van der Waals surface area contributed by atoms with Gasteiger partial charge >= 0.3 is 19.1 Å². The van der Waals surface area contributed by atoms with Gasteiger partial charge in [-0.05, 0) is 37.6 Å². The van der Waals surface area contributed by atoms with E-state index in [1.165, 1.54) is 12.1 Å². The summed E-state index contributed by atoms with van der Waals surface area (Å²) >= 11 is 11.9. The van der Waals surface area contributed by atoms with Gasteiger partial charge < -0.3 is 24.7 Å². The SMILES string of the molecule is CC(C)C[C@H](NC(=O)CNC(=O)c1cc(Cl)ccc1Cl)B1OC(=O)[C@H]2COC[C@H](C(=O)O1)N2C. The number of morpholine rings is 1. The van der Waals surface area contributed by atoms with Gasteiger partial charge in [-0.15, -0.1) is 0 Å². The van der Waals surface area contributed by atoms with Gasteiger partial charge in [-0.1, -0.05) is 37.0 Å². The monoisotopic (exact) mass is 513 g/mol. The predicted molar refractivity (Wildman–Crippen MR) is 124 cm³/mol. The molecule has 1 aromatic rings. The van der Waals surface area contributed by atoms with Gasteiger partial charge in [0.15, 0.2) is 0 Å². The van der Waals surface area contributed by atoms with Crippen LogP contribution in [-0.4, -0.2) is 80.6 Å². The van der Waals surface area contributed by atoms with E-state index in [9.17, 15) is 19.2 Å². The number of nitrogens with zero attached hydrogens (tertiary/aromatic N) is 1. The second kappa shape index (κ2) is 11.4. The summed E-state index contributed by atoms with van der Waals surface area (Å²) in [5, 5.41) is 5.69. The minimum absolute atomic E-state index is 0.0681. The Bertz CT molecular complexity index is 938. The van der Waals surface area contributed by atoms with Crippen LogP contribution in [0.4, 0.5) is 0 Å². The summed E-state index contributed by atoms with van der Waals surface area (Å²) in [4.78, 5) is 52.0. The summed E-state index contributed by atoms with van der Waals surface area (Å²) in [5.74, 6) is -3.13. The number of amides is 2.